The molecule has 2 saturated heterocycles. The number of ether oxygens (including phenoxy) is 2. The van der Waals surface area contributed by atoms with E-state index in [9.17, 15) is 5.11 Å². The number of nitrogens with zero attached hydrogens (tertiary/aromatic N) is 2. The van der Waals surface area contributed by atoms with Gasteiger partial charge in [-0.15, -0.1) is 0 Å². The van der Waals surface area contributed by atoms with Crippen molar-refractivity contribution in [2.24, 2.45) is 5.92 Å². The highest BCUT2D eigenvalue weighted by molar-refractivity contribution is 5.05. The van der Waals surface area contributed by atoms with Crippen LogP contribution in [0.5, 0.6) is 0 Å². The number of aliphatic hydroxyl groups excluding tert-OH is 1. The normalized spacial score (nSPS) is 35.5. The molecule has 1 aromatic rings. The van der Waals surface area contributed by atoms with Gasteiger partial charge in [0.15, 0.2) is 6.29 Å². The molecule has 6 nitrogen and oxygen atoms in total. The van der Waals surface area contributed by atoms with Gasteiger partial charge in [0, 0.05) is 24.9 Å². The van der Waals surface area contributed by atoms with Gasteiger partial charge in [-0.2, -0.15) is 0 Å². The molecular formula is C18H27N3O3. The number of nitrogens with one attached hydrogen (secondary N) is 1. The minimum absolute atomic E-state index is 0.0378. The molecule has 0 amide bonds. The molecule has 4 rings (SSSR count). The highest BCUT2D eigenvalue weighted by Crippen LogP contribution is 2.32. The van der Waals surface area contributed by atoms with Gasteiger partial charge >= 0.3 is 0 Å². The summed E-state index contributed by atoms with van der Waals surface area (Å²) in [7, 11) is 2.03. The Morgan fingerprint density at radius 1 is 1.38 bits per heavy atom. The monoisotopic (exact) mass is 333 g/mol. The summed E-state index contributed by atoms with van der Waals surface area (Å²) in [6, 6.07) is 5.76. The molecule has 6 heteroatoms. The van der Waals surface area contributed by atoms with E-state index in [2.05, 4.69) is 15.2 Å². The summed E-state index contributed by atoms with van der Waals surface area (Å²) in [5.41, 5.74) is 1.06. The highest BCUT2D eigenvalue weighted by Gasteiger charge is 2.51. The highest BCUT2D eigenvalue weighted by atomic mass is 16.7. The molecule has 2 bridgehead atoms. The summed E-state index contributed by atoms with van der Waals surface area (Å²) in [6.07, 6.45) is 4.40. The van der Waals surface area contributed by atoms with Crippen LogP contribution in [0.15, 0.2) is 24.4 Å². The van der Waals surface area contributed by atoms with Crippen LogP contribution in [0.25, 0.3) is 0 Å². The van der Waals surface area contributed by atoms with Crippen molar-refractivity contribution in [1.82, 2.24) is 15.2 Å². The van der Waals surface area contributed by atoms with Crippen LogP contribution in [0.1, 0.15) is 18.5 Å². The molecule has 2 N–H and O–H groups in total. The molecule has 0 spiro atoms. The molecular weight excluding hydrogens is 306 g/mol. The Bertz CT molecular complexity index is 540. The van der Waals surface area contributed by atoms with Gasteiger partial charge in [-0.3, -0.25) is 9.88 Å². The van der Waals surface area contributed by atoms with Gasteiger partial charge in [-0.25, -0.2) is 0 Å². The number of rotatable bonds is 7. The minimum atomic E-state index is -0.483. The Labute approximate surface area is 143 Å². The first-order valence-corrected chi connectivity index (χ1v) is 9.01. The van der Waals surface area contributed by atoms with Crippen LogP contribution in [0.2, 0.25) is 0 Å². The van der Waals surface area contributed by atoms with E-state index >= 15 is 0 Å². The van der Waals surface area contributed by atoms with Crippen molar-refractivity contribution in [2.75, 3.05) is 26.7 Å². The Balaban J connectivity index is 1.38. The molecule has 1 aromatic heterocycles. The maximum atomic E-state index is 10.9. The first-order chi connectivity index (χ1) is 11.7. The summed E-state index contributed by atoms with van der Waals surface area (Å²) < 4.78 is 11.8. The molecule has 3 heterocycles. The largest absolute Gasteiger partial charge is 0.390 e. The first kappa shape index (κ1) is 16.4. The fourth-order valence-electron chi connectivity index (χ4n) is 3.73. The molecule has 5 atom stereocenters. The third kappa shape index (κ3) is 3.48. The summed E-state index contributed by atoms with van der Waals surface area (Å²) >= 11 is 0. The summed E-state index contributed by atoms with van der Waals surface area (Å²) in [6.45, 7) is 2.34. The van der Waals surface area contributed by atoms with Crippen molar-refractivity contribution in [3.05, 3.63) is 30.1 Å². The maximum absolute atomic E-state index is 10.9. The zero-order valence-corrected chi connectivity index (χ0v) is 14.2. The summed E-state index contributed by atoms with van der Waals surface area (Å²) in [5, 5.41) is 14.5. The zero-order valence-electron chi connectivity index (χ0n) is 14.2. The number of pyridine rings is 1. The van der Waals surface area contributed by atoms with Crippen molar-refractivity contribution in [1.29, 1.82) is 0 Å². The number of hydrogen-bond acceptors (Lipinski definition) is 6. The van der Waals surface area contributed by atoms with Gasteiger partial charge in [0.25, 0.3) is 0 Å². The Morgan fingerprint density at radius 3 is 3.00 bits per heavy atom. The standard InChI is InChI=1S/C18H27N3O3/c1-21(9-7-13-4-2-3-8-19-13)16-17(22)15(20-10-12-5-6-12)14-11-23-18(16)24-14/h2-4,8,12,14-18,20,22H,5-7,9-11H2,1H3/t14-,15+,16-,17-,18+/m0/s1. The average molecular weight is 333 g/mol. The van der Waals surface area contributed by atoms with E-state index in [1.165, 1.54) is 12.8 Å². The van der Waals surface area contributed by atoms with Crippen LogP contribution in [0.4, 0.5) is 0 Å². The average Bonchev–Trinajstić information content (AvgIpc) is 3.33. The molecule has 2 aliphatic heterocycles. The third-order valence-electron chi connectivity index (χ3n) is 5.43. The second kappa shape index (κ2) is 7.06. The predicted molar refractivity (Wildman–Crippen MR) is 89.5 cm³/mol. The lowest BCUT2D eigenvalue weighted by Crippen LogP contribution is -2.64. The molecule has 24 heavy (non-hydrogen) atoms. The van der Waals surface area contributed by atoms with Crippen molar-refractivity contribution < 1.29 is 14.6 Å². The maximum Gasteiger partial charge on any atom is 0.176 e. The SMILES string of the molecule is CN(CCc1ccccn1)[C@@H]1[C@@H]2OC[C@H](O2)[C@@H](NCC2CC2)[C@@H]1O. The lowest BCUT2D eigenvalue weighted by atomic mass is 9.94. The van der Waals surface area contributed by atoms with Gasteiger partial charge in [0.05, 0.1) is 24.8 Å². The van der Waals surface area contributed by atoms with Gasteiger partial charge in [-0.05, 0) is 44.5 Å². The summed E-state index contributed by atoms with van der Waals surface area (Å²) in [5.74, 6) is 0.776. The van der Waals surface area contributed by atoms with Gasteiger partial charge in [-0.1, -0.05) is 6.07 Å². The molecule has 0 unspecified atom stereocenters. The number of fused-ring (bicyclic) bond motifs is 2. The minimum Gasteiger partial charge on any atom is -0.390 e. The molecule has 0 aromatic carbocycles. The Kier molecular flexibility index (Phi) is 4.83. The van der Waals surface area contributed by atoms with Crippen molar-refractivity contribution in [3.63, 3.8) is 0 Å². The zero-order chi connectivity index (χ0) is 16.5. The fraction of sp³-hybridized carbons (Fsp3) is 0.722. The number of hydrogen-bond donors (Lipinski definition) is 2. The first-order valence-electron chi connectivity index (χ1n) is 9.01. The van der Waals surface area contributed by atoms with Gasteiger partial charge in [0.1, 0.15) is 6.10 Å². The van der Waals surface area contributed by atoms with Crippen LogP contribution < -0.4 is 5.32 Å². The van der Waals surface area contributed by atoms with E-state index in [1.807, 2.05) is 31.4 Å². The fourth-order valence-corrected chi connectivity index (χ4v) is 3.73. The topological polar surface area (TPSA) is 66.9 Å². The van der Waals surface area contributed by atoms with Crippen molar-refractivity contribution in [3.8, 4) is 0 Å². The van der Waals surface area contributed by atoms with E-state index in [4.69, 9.17) is 9.47 Å². The van der Waals surface area contributed by atoms with Gasteiger partial charge in [0.2, 0.25) is 0 Å². The van der Waals surface area contributed by atoms with E-state index in [1.54, 1.807) is 0 Å². The second-order valence-electron chi connectivity index (χ2n) is 7.29. The number of likely N-dealkylation sites (N-methyl/N-ethyl adjacent to an activating group) is 1. The molecule has 132 valence electrons. The van der Waals surface area contributed by atoms with E-state index in [0.29, 0.717) is 6.61 Å². The van der Waals surface area contributed by atoms with E-state index < -0.39 is 6.10 Å². The molecule has 0 radical (unpaired) electrons. The number of aliphatic hydroxyl groups is 1. The van der Waals surface area contributed by atoms with Crippen LogP contribution >= 0.6 is 0 Å². The van der Waals surface area contributed by atoms with Gasteiger partial charge < -0.3 is 19.9 Å². The van der Waals surface area contributed by atoms with Crippen LogP contribution in [-0.2, 0) is 15.9 Å². The predicted octanol–water partition coefficient (Wildman–Crippen LogP) is 0.409. The number of aromatic nitrogens is 1. The smallest absolute Gasteiger partial charge is 0.176 e. The van der Waals surface area contributed by atoms with E-state index in [-0.39, 0.29) is 24.5 Å². The Morgan fingerprint density at radius 2 is 2.25 bits per heavy atom. The molecule has 1 aliphatic carbocycles. The van der Waals surface area contributed by atoms with Crippen molar-refractivity contribution >= 4 is 0 Å². The summed E-state index contributed by atoms with van der Waals surface area (Å²) in [4.78, 5) is 6.52. The lowest BCUT2D eigenvalue weighted by molar-refractivity contribution is -0.178. The quantitative estimate of drug-likeness (QED) is 0.753. The molecule has 3 aliphatic rings. The van der Waals surface area contributed by atoms with Crippen LogP contribution in [-0.4, -0.2) is 72.3 Å². The van der Waals surface area contributed by atoms with Crippen LogP contribution in [0, 0.1) is 5.92 Å². The third-order valence-corrected chi connectivity index (χ3v) is 5.43. The lowest BCUT2D eigenvalue weighted by Gasteiger charge is -2.42. The molecule has 3 fully saturated rings. The Hall–Kier alpha value is -1.05. The molecule has 1 saturated carbocycles. The second-order valence-corrected chi connectivity index (χ2v) is 7.29. The van der Waals surface area contributed by atoms with E-state index in [0.717, 1.165) is 31.1 Å². The van der Waals surface area contributed by atoms with Crippen LogP contribution in [0.3, 0.4) is 0 Å². The van der Waals surface area contributed by atoms with Crippen molar-refractivity contribution in [2.45, 2.75) is 49.8 Å².